The Morgan fingerprint density at radius 1 is 1.00 bits per heavy atom. The van der Waals surface area contributed by atoms with Crippen molar-refractivity contribution >= 4 is 0 Å². The van der Waals surface area contributed by atoms with Gasteiger partial charge in [-0.2, -0.15) is 0 Å². The Labute approximate surface area is 122 Å². The summed E-state index contributed by atoms with van der Waals surface area (Å²) in [7, 11) is 0. The molecule has 1 unspecified atom stereocenters. The maximum atomic E-state index is 13.4. The van der Waals surface area contributed by atoms with E-state index in [1.165, 1.54) is 12.1 Å². The quantitative estimate of drug-likeness (QED) is 0.673. The Kier molecular flexibility index (Phi) is 4.03. The number of hydrogen-bond acceptors (Lipinski definition) is 4. The number of hydrazine groups is 1. The van der Waals surface area contributed by atoms with Gasteiger partial charge in [-0.15, -0.1) is 0 Å². The van der Waals surface area contributed by atoms with E-state index in [4.69, 9.17) is 15.3 Å². The zero-order valence-electron chi connectivity index (χ0n) is 11.5. The molecule has 0 amide bonds. The highest BCUT2D eigenvalue weighted by Gasteiger charge is 2.17. The van der Waals surface area contributed by atoms with Crippen LogP contribution in [0.5, 0.6) is 11.5 Å². The molecule has 21 heavy (non-hydrogen) atoms. The van der Waals surface area contributed by atoms with Gasteiger partial charge in [-0.05, 0) is 35.4 Å². The molecule has 2 aromatic rings. The summed E-state index contributed by atoms with van der Waals surface area (Å²) in [6.45, 7) is 1.27. The minimum absolute atomic E-state index is 0.290. The topological polar surface area (TPSA) is 56.5 Å². The third kappa shape index (κ3) is 2.99. The molecule has 0 saturated heterocycles. The number of nitrogens with two attached hydrogens (primary N) is 1. The molecule has 3 rings (SSSR count). The summed E-state index contributed by atoms with van der Waals surface area (Å²) in [4.78, 5) is 0. The lowest BCUT2D eigenvalue weighted by atomic mass is 9.99. The molecule has 0 bridgehead atoms. The highest BCUT2D eigenvalue weighted by atomic mass is 19.1. The summed E-state index contributed by atoms with van der Waals surface area (Å²) in [5.41, 5.74) is 4.37. The first-order valence-corrected chi connectivity index (χ1v) is 6.89. The highest BCUT2D eigenvalue weighted by molar-refractivity contribution is 5.46. The lowest BCUT2D eigenvalue weighted by Gasteiger charge is -2.18. The first-order valence-electron chi connectivity index (χ1n) is 6.89. The number of ether oxygens (including phenoxy) is 2. The fourth-order valence-corrected chi connectivity index (χ4v) is 2.43. The standard InChI is InChI=1S/C16H17FN2O2/c17-13-4-1-3-11(9-13)16(19-18)12-5-6-14-15(10-12)21-8-2-7-20-14/h1,3-6,9-10,16,19H,2,7-8,18H2. The van der Waals surface area contributed by atoms with Crippen molar-refractivity contribution in [2.45, 2.75) is 12.5 Å². The Balaban J connectivity index is 1.96. The molecule has 2 aromatic carbocycles. The van der Waals surface area contributed by atoms with Gasteiger partial charge in [0.25, 0.3) is 0 Å². The third-order valence-corrected chi connectivity index (χ3v) is 3.45. The van der Waals surface area contributed by atoms with Gasteiger partial charge in [-0.1, -0.05) is 18.2 Å². The van der Waals surface area contributed by atoms with E-state index in [2.05, 4.69) is 5.43 Å². The first kappa shape index (κ1) is 13.9. The van der Waals surface area contributed by atoms with Crippen LogP contribution in [-0.2, 0) is 0 Å². The second kappa shape index (κ2) is 6.11. The summed E-state index contributed by atoms with van der Waals surface area (Å²) in [5.74, 6) is 6.78. The van der Waals surface area contributed by atoms with Crippen LogP contribution in [0.4, 0.5) is 4.39 Å². The predicted molar refractivity (Wildman–Crippen MR) is 77.6 cm³/mol. The Hall–Kier alpha value is -2.11. The number of rotatable bonds is 3. The van der Waals surface area contributed by atoms with Crippen molar-refractivity contribution in [2.75, 3.05) is 13.2 Å². The van der Waals surface area contributed by atoms with Gasteiger partial charge in [0.05, 0.1) is 19.3 Å². The lowest BCUT2D eigenvalue weighted by molar-refractivity contribution is 0.297. The molecule has 0 radical (unpaired) electrons. The summed E-state index contributed by atoms with van der Waals surface area (Å²) in [6, 6.07) is 11.7. The molecule has 1 atom stereocenters. The summed E-state index contributed by atoms with van der Waals surface area (Å²) >= 11 is 0. The number of fused-ring (bicyclic) bond motifs is 1. The number of halogens is 1. The highest BCUT2D eigenvalue weighted by Crippen LogP contribution is 2.33. The van der Waals surface area contributed by atoms with E-state index in [-0.39, 0.29) is 11.9 Å². The SMILES string of the molecule is NNC(c1cccc(F)c1)c1ccc2c(c1)OCCCO2. The second-order valence-electron chi connectivity index (χ2n) is 4.91. The average molecular weight is 288 g/mol. The number of nitrogens with one attached hydrogen (secondary N) is 1. The van der Waals surface area contributed by atoms with E-state index < -0.39 is 0 Å². The van der Waals surface area contributed by atoms with Crippen LogP contribution in [0.1, 0.15) is 23.6 Å². The van der Waals surface area contributed by atoms with E-state index in [9.17, 15) is 4.39 Å². The summed E-state index contributed by atoms with van der Waals surface area (Å²) < 4.78 is 24.7. The van der Waals surface area contributed by atoms with Gasteiger partial charge < -0.3 is 9.47 Å². The molecule has 4 nitrogen and oxygen atoms in total. The van der Waals surface area contributed by atoms with Crippen LogP contribution in [0, 0.1) is 5.82 Å². The Bertz CT molecular complexity index is 633. The van der Waals surface area contributed by atoms with Gasteiger partial charge in [-0.25, -0.2) is 9.82 Å². The van der Waals surface area contributed by atoms with Gasteiger partial charge >= 0.3 is 0 Å². The molecular formula is C16H17FN2O2. The fourth-order valence-electron chi connectivity index (χ4n) is 2.43. The maximum Gasteiger partial charge on any atom is 0.161 e. The molecule has 5 heteroatoms. The molecule has 0 fully saturated rings. The van der Waals surface area contributed by atoms with E-state index >= 15 is 0 Å². The largest absolute Gasteiger partial charge is 0.490 e. The van der Waals surface area contributed by atoms with Gasteiger partial charge in [-0.3, -0.25) is 5.84 Å². The first-order chi connectivity index (χ1) is 10.3. The van der Waals surface area contributed by atoms with Gasteiger partial charge in [0.15, 0.2) is 11.5 Å². The van der Waals surface area contributed by atoms with E-state index in [0.29, 0.717) is 19.0 Å². The van der Waals surface area contributed by atoms with Crippen LogP contribution in [-0.4, -0.2) is 13.2 Å². The molecule has 110 valence electrons. The van der Waals surface area contributed by atoms with Crippen LogP contribution in [0.15, 0.2) is 42.5 Å². The predicted octanol–water partition coefficient (Wildman–Crippen LogP) is 2.54. The zero-order chi connectivity index (χ0) is 14.7. The van der Waals surface area contributed by atoms with Gasteiger partial charge in [0.1, 0.15) is 5.82 Å². The third-order valence-electron chi connectivity index (χ3n) is 3.45. The molecule has 1 aliphatic heterocycles. The minimum atomic E-state index is -0.308. The monoisotopic (exact) mass is 288 g/mol. The lowest BCUT2D eigenvalue weighted by Crippen LogP contribution is -2.28. The van der Waals surface area contributed by atoms with Crippen molar-refractivity contribution in [1.29, 1.82) is 0 Å². The molecule has 1 aliphatic rings. The van der Waals surface area contributed by atoms with E-state index in [1.54, 1.807) is 6.07 Å². The van der Waals surface area contributed by atoms with Crippen LogP contribution in [0.25, 0.3) is 0 Å². The number of hydrogen-bond donors (Lipinski definition) is 2. The fraction of sp³-hybridized carbons (Fsp3) is 0.250. The van der Waals surface area contributed by atoms with Crippen LogP contribution >= 0.6 is 0 Å². The Morgan fingerprint density at radius 3 is 2.52 bits per heavy atom. The molecule has 0 spiro atoms. The van der Waals surface area contributed by atoms with Crippen molar-refractivity contribution in [3.8, 4) is 11.5 Å². The van der Waals surface area contributed by atoms with E-state index in [0.717, 1.165) is 23.3 Å². The molecule has 3 N–H and O–H groups in total. The van der Waals surface area contributed by atoms with Gasteiger partial charge in [0, 0.05) is 6.42 Å². The molecule has 1 heterocycles. The van der Waals surface area contributed by atoms with Crippen molar-refractivity contribution in [3.05, 3.63) is 59.4 Å². The minimum Gasteiger partial charge on any atom is -0.490 e. The number of benzene rings is 2. The zero-order valence-corrected chi connectivity index (χ0v) is 11.5. The molecule has 0 aliphatic carbocycles. The average Bonchev–Trinajstić information content (AvgIpc) is 2.73. The maximum absolute atomic E-state index is 13.4. The summed E-state index contributed by atoms with van der Waals surface area (Å²) in [5, 5.41) is 0. The molecular weight excluding hydrogens is 271 g/mol. The van der Waals surface area contributed by atoms with Crippen LogP contribution in [0.3, 0.4) is 0 Å². The van der Waals surface area contributed by atoms with Crippen molar-refractivity contribution in [2.24, 2.45) is 5.84 Å². The van der Waals surface area contributed by atoms with Crippen molar-refractivity contribution < 1.29 is 13.9 Å². The van der Waals surface area contributed by atoms with E-state index in [1.807, 2.05) is 24.3 Å². The van der Waals surface area contributed by atoms with Gasteiger partial charge in [0.2, 0.25) is 0 Å². The molecule has 0 saturated carbocycles. The van der Waals surface area contributed by atoms with Crippen molar-refractivity contribution in [3.63, 3.8) is 0 Å². The second-order valence-corrected chi connectivity index (χ2v) is 4.91. The smallest absolute Gasteiger partial charge is 0.161 e. The summed E-state index contributed by atoms with van der Waals surface area (Å²) in [6.07, 6.45) is 0.854. The van der Waals surface area contributed by atoms with Crippen LogP contribution in [0.2, 0.25) is 0 Å². The van der Waals surface area contributed by atoms with Crippen molar-refractivity contribution in [1.82, 2.24) is 5.43 Å². The Morgan fingerprint density at radius 2 is 1.76 bits per heavy atom. The molecule has 0 aromatic heterocycles. The van der Waals surface area contributed by atoms with Crippen LogP contribution < -0.4 is 20.7 Å². The normalized spacial score (nSPS) is 15.3.